The van der Waals surface area contributed by atoms with Crippen LogP contribution >= 0.6 is 22.9 Å². The van der Waals surface area contributed by atoms with Crippen molar-refractivity contribution in [2.24, 2.45) is 0 Å². The van der Waals surface area contributed by atoms with E-state index in [9.17, 15) is 9.18 Å². The number of benzene rings is 2. The van der Waals surface area contributed by atoms with Crippen LogP contribution in [0.5, 0.6) is 0 Å². The van der Waals surface area contributed by atoms with E-state index in [0.29, 0.717) is 31.2 Å². The molecule has 0 aliphatic rings. The van der Waals surface area contributed by atoms with Crippen LogP contribution in [-0.2, 0) is 11.3 Å². The Morgan fingerprint density at radius 1 is 1.33 bits per heavy atom. The quantitative estimate of drug-likeness (QED) is 0.673. The number of fused-ring (bicyclic) bond motifs is 1. The summed E-state index contributed by atoms with van der Waals surface area (Å²) in [5.41, 5.74) is 2.09. The molecule has 1 amide bonds. The highest BCUT2D eigenvalue weighted by molar-refractivity contribution is 7.21. The molecule has 1 aromatic heterocycles. The second kappa shape index (κ2) is 6.89. The second-order valence-electron chi connectivity index (χ2n) is 5.37. The lowest BCUT2D eigenvalue weighted by Crippen LogP contribution is -2.12. The molecule has 3 aromatic rings. The number of thiophene rings is 1. The molecular formula is C18H15ClFNO2S. The predicted molar refractivity (Wildman–Crippen MR) is 96.6 cm³/mol. The van der Waals surface area contributed by atoms with Crippen molar-refractivity contribution < 1.29 is 13.9 Å². The van der Waals surface area contributed by atoms with Gasteiger partial charge in [-0.1, -0.05) is 23.7 Å². The van der Waals surface area contributed by atoms with Gasteiger partial charge in [-0.2, -0.15) is 0 Å². The molecule has 0 aliphatic carbocycles. The number of amides is 1. The number of ether oxygens (including phenoxy) is 1. The molecule has 0 fully saturated rings. The van der Waals surface area contributed by atoms with Crippen molar-refractivity contribution in [3.05, 3.63) is 63.2 Å². The summed E-state index contributed by atoms with van der Waals surface area (Å²) in [7, 11) is 1.52. The summed E-state index contributed by atoms with van der Waals surface area (Å²) in [4.78, 5) is 13.1. The third-order valence-corrected chi connectivity index (χ3v) is 5.29. The van der Waals surface area contributed by atoms with Gasteiger partial charge < -0.3 is 10.1 Å². The van der Waals surface area contributed by atoms with E-state index in [1.54, 1.807) is 24.3 Å². The molecule has 0 saturated carbocycles. The molecule has 0 unspecified atom stereocenters. The number of methoxy groups -OCH3 is 1. The van der Waals surface area contributed by atoms with E-state index in [-0.39, 0.29) is 18.3 Å². The van der Waals surface area contributed by atoms with E-state index < -0.39 is 0 Å². The van der Waals surface area contributed by atoms with Gasteiger partial charge in [-0.15, -0.1) is 11.3 Å². The van der Waals surface area contributed by atoms with Gasteiger partial charge in [-0.3, -0.25) is 4.79 Å². The lowest BCUT2D eigenvalue weighted by molar-refractivity contribution is 0.102. The average molecular weight is 364 g/mol. The van der Waals surface area contributed by atoms with Crippen molar-refractivity contribution in [1.82, 2.24) is 0 Å². The fourth-order valence-corrected chi connectivity index (χ4v) is 3.79. The molecular weight excluding hydrogens is 349 g/mol. The first-order valence-electron chi connectivity index (χ1n) is 7.27. The first kappa shape index (κ1) is 16.9. The highest BCUT2D eigenvalue weighted by atomic mass is 35.5. The zero-order chi connectivity index (χ0) is 17.3. The smallest absolute Gasteiger partial charge is 0.266 e. The zero-order valence-electron chi connectivity index (χ0n) is 13.2. The fraction of sp³-hybridized carbons (Fsp3) is 0.167. The van der Waals surface area contributed by atoms with E-state index >= 15 is 0 Å². The van der Waals surface area contributed by atoms with Gasteiger partial charge in [-0.05, 0) is 36.8 Å². The molecule has 6 heteroatoms. The van der Waals surface area contributed by atoms with Gasteiger partial charge in [0.15, 0.2) is 0 Å². The number of halogens is 2. The topological polar surface area (TPSA) is 38.3 Å². The number of nitrogens with one attached hydrogen (secondary N) is 1. The Balaban J connectivity index is 2.01. The number of rotatable bonds is 4. The Hall–Kier alpha value is -1.95. The number of aryl methyl sites for hydroxylation is 1. The molecule has 0 spiro atoms. The van der Waals surface area contributed by atoms with E-state index in [4.69, 9.17) is 16.3 Å². The Morgan fingerprint density at radius 3 is 2.83 bits per heavy atom. The summed E-state index contributed by atoms with van der Waals surface area (Å²) >= 11 is 7.34. The van der Waals surface area contributed by atoms with Gasteiger partial charge in [0.2, 0.25) is 0 Å². The van der Waals surface area contributed by atoms with Crippen molar-refractivity contribution in [1.29, 1.82) is 0 Å². The summed E-state index contributed by atoms with van der Waals surface area (Å²) in [6.45, 7) is 2.05. The van der Waals surface area contributed by atoms with Gasteiger partial charge in [0.1, 0.15) is 5.82 Å². The van der Waals surface area contributed by atoms with Gasteiger partial charge in [0.05, 0.1) is 11.5 Å². The SMILES string of the molecule is COCc1c(C(=O)Nc2ccc(C)c(Cl)c2)sc2cccc(F)c12. The minimum absolute atomic E-state index is 0.165. The summed E-state index contributed by atoms with van der Waals surface area (Å²) in [6.07, 6.45) is 0. The molecule has 124 valence electrons. The van der Waals surface area contributed by atoms with Crippen LogP contribution in [0.3, 0.4) is 0 Å². The van der Waals surface area contributed by atoms with Crippen LogP contribution in [-0.4, -0.2) is 13.0 Å². The first-order chi connectivity index (χ1) is 11.5. The van der Waals surface area contributed by atoms with Crippen LogP contribution in [0.4, 0.5) is 10.1 Å². The van der Waals surface area contributed by atoms with Crippen LogP contribution in [0.25, 0.3) is 10.1 Å². The van der Waals surface area contributed by atoms with Crippen LogP contribution in [0.1, 0.15) is 20.8 Å². The van der Waals surface area contributed by atoms with Gasteiger partial charge >= 0.3 is 0 Å². The molecule has 1 heterocycles. The Bertz CT molecular complexity index is 923. The zero-order valence-corrected chi connectivity index (χ0v) is 14.7. The molecule has 0 atom stereocenters. The molecule has 0 saturated heterocycles. The fourth-order valence-electron chi connectivity index (χ4n) is 2.49. The third kappa shape index (κ3) is 3.15. The molecule has 3 nitrogen and oxygen atoms in total. The minimum Gasteiger partial charge on any atom is -0.380 e. The Morgan fingerprint density at radius 2 is 2.12 bits per heavy atom. The van der Waals surface area contributed by atoms with Crippen molar-refractivity contribution in [3.8, 4) is 0 Å². The maximum atomic E-state index is 14.2. The predicted octanol–water partition coefficient (Wildman–Crippen LogP) is 5.40. The van der Waals surface area contributed by atoms with Crippen molar-refractivity contribution >= 4 is 44.6 Å². The maximum Gasteiger partial charge on any atom is 0.266 e. The van der Waals surface area contributed by atoms with E-state index in [2.05, 4.69) is 5.32 Å². The van der Waals surface area contributed by atoms with Crippen LogP contribution < -0.4 is 5.32 Å². The molecule has 0 bridgehead atoms. The average Bonchev–Trinajstić information content (AvgIpc) is 2.91. The lowest BCUT2D eigenvalue weighted by Gasteiger charge is -2.08. The summed E-state index contributed by atoms with van der Waals surface area (Å²) in [5, 5.41) is 3.83. The molecule has 0 aliphatic heterocycles. The van der Waals surface area contributed by atoms with Crippen molar-refractivity contribution in [2.75, 3.05) is 12.4 Å². The standard InChI is InChI=1S/C18H15ClFNO2S/c1-10-6-7-11(8-13(10)19)21-18(22)17-12(9-23-2)16-14(20)4-3-5-15(16)24-17/h3-8H,9H2,1-2H3,(H,21,22). The molecule has 2 aromatic carbocycles. The highest BCUT2D eigenvalue weighted by Crippen LogP contribution is 2.34. The normalized spacial score (nSPS) is 11.0. The maximum absolute atomic E-state index is 14.2. The monoisotopic (exact) mass is 363 g/mol. The van der Waals surface area contributed by atoms with Gasteiger partial charge in [0, 0.05) is 33.5 Å². The summed E-state index contributed by atoms with van der Waals surface area (Å²) < 4.78 is 20.1. The summed E-state index contributed by atoms with van der Waals surface area (Å²) in [5.74, 6) is -0.657. The van der Waals surface area contributed by atoms with Crippen LogP contribution in [0.15, 0.2) is 36.4 Å². The molecule has 24 heavy (non-hydrogen) atoms. The molecule has 0 radical (unpaired) electrons. The van der Waals surface area contributed by atoms with Gasteiger partial charge in [-0.25, -0.2) is 4.39 Å². The van der Waals surface area contributed by atoms with Gasteiger partial charge in [0.25, 0.3) is 5.91 Å². The number of hydrogen-bond donors (Lipinski definition) is 1. The third-order valence-electron chi connectivity index (χ3n) is 3.69. The highest BCUT2D eigenvalue weighted by Gasteiger charge is 2.20. The van der Waals surface area contributed by atoms with E-state index in [1.807, 2.05) is 13.0 Å². The van der Waals surface area contributed by atoms with Crippen molar-refractivity contribution in [3.63, 3.8) is 0 Å². The number of carbonyl (C=O) groups excluding carboxylic acids is 1. The van der Waals surface area contributed by atoms with Crippen LogP contribution in [0, 0.1) is 12.7 Å². The summed E-state index contributed by atoms with van der Waals surface area (Å²) in [6, 6.07) is 10.1. The minimum atomic E-state index is -0.353. The number of carbonyl (C=O) groups is 1. The first-order valence-corrected chi connectivity index (χ1v) is 8.47. The largest absolute Gasteiger partial charge is 0.380 e. The van der Waals surface area contributed by atoms with E-state index in [1.165, 1.54) is 24.5 Å². The molecule has 1 N–H and O–H groups in total. The van der Waals surface area contributed by atoms with Crippen LogP contribution in [0.2, 0.25) is 5.02 Å². The Labute approximate surface area is 148 Å². The Kier molecular flexibility index (Phi) is 4.85. The van der Waals surface area contributed by atoms with Crippen molar-refractivity contribution in [2.45, 2.75) is 13.5 Å². The number of hydrogen-bond acceptors (Lipinski definition) is 3. The lowest BCUT2D eigenvalue weighted by atomic mass is 10.1. The number of anilines is 1. The van der Waals surface area contributed by atoms with E-state index in [0.717, 1.165) is 5.56 Å². The molecule has 3 rings (SSSR count). The second-order valence-corrected chi connectivity index (χ2v) is 6.83.